The van der Waals surface area contributed by atoms with Crippen LogP contribution in [0, 0.1) is 5.41 Å². The second-order valence-corrected chi connectivity index (χ2v) is 5.86. The highest BCUT2D eigenvalue weighted by atomic mass is 16.5. The Bertz CT molecular complexity index is 370. The summed E-state index contributed by atoms with van der Waals surface area (Å²) in [6, 6.07) is 0. The molecule has 5 nitrogen and oxygen atoms in total. The maximum absolute atomic E-state index is 5.72. The van der Waals surface area contributed by atoms with E-state index in [0.717, 1.165) is 12.4 Å². The Morgan fingerprint density at radius 2 is 2.18 bits per heavy atom. The van der Waals surface area contributed by atoms with Gasteiger partial charge in [-0.2, -0.15) is 4.98 Å². The lowest BCUT2D eigenvalue weighted by atomic mass is 9.93. The number of hydrogen-bond donors (Lipinski definition) is 1. The summed E-state index contributed by atoms with van der Waals surface area (Å²) in [5.74, 6) is 2.15. The zero-order valence-corrected chi connectivity index (χ0v) is 10.9. The van der Waals surface area contributed by atoms with Crippen molar-refractivity contribution in [2.24, 2.45) is 11.1 Å². The summed E-state index contributed by atoms with van der Waals surface area (Å²) in [6.07, 6.45) is 2.41. The molecule has 1 aliphatic rings. The van der Waals surface area contributed by atoms with Gasteiger partial charge in [0.2, 0.25) is 5.89 Å². The minimum Gasteiger partial charge on any atom is -0.338 e. The molecule has 0 bridgehead atoms. The number of aromatic nitrogens is 2. The lowest BCUT2D eigenvalue weighted by molar-refractivity contribution is 0.189. The van der Waals surface area contributed by atoms with Gasteiger partial charge in [0, 0.05) is 12.5 Å². The van der Waals surface area contributed by atoms with Gasteiger partial charge in [-0.1, -0.05) is 19.0 Å². The number of rotatable bonds is 6. The van der Waals surface area contributed by atoms with Gasteiger partial charge in [0.25, 0.3) is 0 Å². The predicted octanol–water partition coefficient (Wildman–Crippen LogP) is 1.36. The van der Waals surface area contributed by atoms with Crippen LogP contribution in [0.2, 0.25) is 0 Å². The van der Waals surface area contributed by atoms with Crippen LogP contribution < -0.4 is 5.73 Å². The van der Waals surface area contributed by atoms with Gasteiger partial charge in [-0.25, -0.2) is 0 Å². The van der Waals surface area contributed by atoms with E-state index >= 15 is 0 Å². The van der Waals surface area contributed by atoms with Crippen LogP contribution in [-0.2, 0) is 6.54 Å². The van der Waals surface area contributed by atoms with E-state index in [0.29, 0.717) is 24.9 Å². The number of nitrogens with zero attached hydrogens (tertiary/aromatic N) is 3. The zero-order valence-electron chi connectivity index (χ0n) is 10.9. The standard InChI is InChI=1S/C12H22N4O/c1-12(2,7-13)8-16(3)6-10-14-11(15-17-10)9-4-5-9/h9H,4-8,13H2,1-3H3. The van der Waals surface area contributed by atoms with Crippen molar-refractivity contribution in [2.75, 3.05) is 20.1 Å². The summed E-state index contributed by atoms with van der Waals surface area (Å²) in [4.78, 5) is 6.60. The quantitative estimate of drug-likeness (QED) is 0.810. The molecule has 0 aromatic carbocycles. The number of hydrogen-bond acceptors (Lipinski definition) is 5. The molecule has 0 aliphatic heterocycles. The molecule has 1 heterocycles. The van der Waals surface area contributed by atoms with Gasteiger partial charge in [0.05, 0.1) is 6.54 Å². The van der Waals surface area contributed by atoms with Crippen LogP contribution in [0.5, 0.6) is 0 Å². The molecule has 2 rings (SSSR count). The summed E-state index contributed by atoms with van der Waals surface area (Å²) in [5, 5.41) is 4.01. The first-order valence-corrected chi connectivity index (χ1v) is 6.21. The van der Waals surface area contributed by atoms with Crippen LogP contribution >= 0.6 is 0 Å². The van der Waals surface area contributed by atoms with Crippen LogP contribution in [-0.4, -0.2) is 35.2 Å². The van der Waals surface area contributed by atoms with Crippen molar-refractivity contribution in [3.8, 4) is 0 Å². The molecule has 2 N–H and O–H groups in total. The Morgan fingerprint density at radius 3 is 2.76 bits per heavy atom. The minimum absolute atomic E-state index is 0.119. The van der Waals surface area contributed by atoms with Crippen molar-refractivity contribution < 1.29 is 4.52 Å². The van der Waals surface area contributed by atoms with Crippen molar-refractivity contribution in [3.05, 3.63) is 11.7 Å². The minimum atomic E-state index is 0.119. The highest BCUT2D eigenvalue weighted by molar-refractivity contribution is 5.03. The van der Waals surface area contributed by atoms with E-state index in [9.17, 15) is 0 Å². The molecule has 5 heteroatoms. The highest BCUT2D eigenvalue weighted by Crippen LogP contribution is 2.38. The first-order valence-electron chi connectivity index (χ1n) is 6.21. The molecule has 1 aromatic rings. The third-order valence-corrected chi connectivity index (χ3v) is 3.08. The number of nitrogens with two attached hydrogens (primary N) is 1. The summed E-state index contributed by atoms with van der Waals surface area (Å²) in [7, 11) is 2.05. The average molecular weight is 238 g/mol. The Hall–Kier alpha value is -0.940. The molecule has 0 radical (unpaired) electrons. The lowest BCUT2D eigenvalue weighted by Crippen LogP contribution is -2.36. The van der Waals surface area contributed by atoms with Crippen molar-refractivity contribution >= 4 is 0 Å². The van der Waals surface area contributed by atoms with Gasteiger partial charge in [-0.05, 0) is 31.8 Å². The van der Waals surface area contributed by atoms with Gasteiger partial charge >= 0.3 is 0 Å². The fraction of sp³-hybridized carbons (Fsp3) is 0.833. The molecular formula is C12H22N4O. The van der Waals surface area contributed by atoms with Crippen LogP contribution in [0.1, 0.15) is 44.3 Å². The maximum Gasteiger partial charge on any atom is 0.240 e. The molecule has 1 saturated carbocycles. The van der Waals surface area contributed by atoms with Gasteiger partial charge in [-0.3, -0.25) is 4.90 Å². The third kappa shape index (κ3) is 3.51. The van der Waals surface area contributed by atoms with Gasteiger partial charge < -0.3 is 10.3 Å². The van der Waals surface area contributed by atoms with Gasteiger partial charge in [-0.15, -0.1) is 0 Å². The fourth-order valence-corrected chi connectivity index (χ4v) is 1.92. The zero-order chi connectivity index (χ0) is 12.5. The molecule has 0 spiro atoms. The molecule has 1 fully saturated rings. The van der Waals surface area contributed by atoms with E-state index in [4.69, 9.17) is 10.3 Å². The molecule has 0 saturated heterocycles. The normalized spacial score (nSPS) is 16.8. The fourth-order valence-electron chi connectivity index (χ4n) is 1.92. The first-order chi connectivity index (χ1) is 8.00. The Morgan fingerprint density at radius 1 is 1.47 bits per heavy atom. The smallest absolute Gasteiger partial charge is 0.240 e. The summed E-state index contributed by atoms with van der Waals surface area (Å²) in [6.45, 7) is 6.61. The molecule has 1 aliphatic carbocycles. The molecule has 0 atom stereocenters. The first kappa shape index (κ1) is 12.5. The van der Waals surface area contributed by atoms with Crippen molar-refractivity contribution in [1.82, 2.24) is 15.0 Å². The Labute approximate surface area is 102 Å². The largest absolute Gasteiger partial charge is 0.338 e. The van der Waals surface area contributed by atoms with Crippen LogP contribution in [0.3, 0.4) is 0 Å². The van der Waals surface area contributed by atoms with Gasteiger partial charge in [0.15, 0.2) is 5.82 Å². The van der Waals surface area contributed by atoms with E-state index in [1.54, 1.807) is 0 Å². The topological polar surface area (TPSA) is 68.2 Å². The molecule has 0 unspecified atom stereocenters. The van der Waals surface area contributed by atoms with Crippen LogP contribution in [0.25, 0.3) is 0 Å². The van der Waals surface area contributed by atoms with Crippen molar-refractivity contribution in [3.63, 3.8) is 0 Å². The monoisotopic (exact) mass is 238 g/mol. The average Bonchev–Trinajstić information content (AvgIpc) is 3.00. The molecular weight excluding hydrogens is 216 g/mol. The lowest BCUT2D eigenvalue weighted by Gasteiger charge is -2.27. The molecule has 1 aromatic heterocycles. The molecule has 96 valence electrons. The summed E-state index contributed by atoms with van der Waals surface area (Å²) in [5.41, 5.74) is 5.84. The van der Waals surface area contributed by atoms with E-state index in [1.807, 2.05) is 0 Å². The summed E-state index contributed by atoms with van der Waals surface area (Å²) < 4.78 is 5.25. The van der Waals surface area contributed by atoms with E-state index in [2.05, 4.69) is 35.9 Å². The van der Waals surface area contributed by atoms with E-state index < -0.39 is 0 Å². The van der Waals surface area contributed by atoms with Crippen LogP contribution in [0.4, 0.5) is 0 Å². The van der Waals surface area contributed by atoms with E-state index in [-0.39, 0.29) is 5.41 Å². The Kier molecular flexibility index (Phi) is 3.49. The van der Waals surface area contributed by atoms with Crippen LogP contribution in [0.15, 0.2) is 4.52 Å². The molecule has 0 amide bonds. The second kappa shape index (κ2) is 4.74. The highest BCUT2D eigenvalue weighted by Gasteiger charge is 2.29. The Balaban J connectivity index is 1.86. The molecule has 17 heavy (non-hydrogen) atoms. The third-order valence-electron chi connectivity index (χ3n) is 3.08. The van der Waals surface area contributed by atoms with Gasteiger partial charge in [0.1, 0.15) is 0 Å². The predicted molar refractivity (Wildman–Crippen MR) is 65.4 cm³/mol. The SMILES string of the molecule is CN(Cc1nc(C2CC2)no1)CC(C)(C)CN. The second-order valence-electron chi connectivity index (χ2n) is 5.86. The maximum atomic E-state index is 5.72. The van der Waals surface area contributed by atoms with Crippen molar-refractivity contribution in [1.29, 1.82) is 0 Å². The van der Waals surface area contributed by atoms with Crippen molar-refractivity contribution in [2.45, 2.75) is 39.2 Å². The van der Waals surface area contributed by atoms with E-state index in [1.165, 1.54) is 12.8 Å². The summed E-state index contributed by atoms with van der Waals surface area (Å²) >= 11 is 0.